The van der Waals surface area contributed by atoms with Crippen LogP contribution in [0.5, 0.6) is 0 Å². The van der Waals surface area contributed by atoms with Crippen LogP contribution in [0.4, 0.5) is 0 Å². The molecule has 3 rings (SSSR count). The minimum atomic E-state index is -0.353. The molecule has 0 aliphatic carbocycles. The van der Waals surface area contributed by atoms with Crippen LogP contribution in [0.1, 0.15) is 27.2 Å². The molecule has 3 aromatic rings. The number of nitrogens with zero attached hydrogens (tertiary/aromatic N) is 2. The van der Waals surface area contributed by atoms with Crippen molar-refractivity contribution in [3.05, 3.63) is 81.5 Å². The number of carbonyl (C=O) groups excluding carboxylic acids is 1. The fraction of sp³-hybridized carbons (Fsp3) is 0.0952. The first-order valence-electron chi connectivity index (χ1n) is 8.41. The van der Waals surface area contributed by atoms with Crippen molar-refractivity contribution >= 4 is 34.1 Å². The first-order valence-corrected chi connectivity index (χ1v) is 9.21. The summed E-state index contributed by atoms with van der Waals surface area (Å²) >= 11 is 3.41. The lowest BCUT2D eigenvalue weighted by Gasteiger charge is -2.01. The minimum Gasteiger partial charge on any atom is -0.272 e. The van der Waals surface area contributed by atoms with E-state index in [2.05, 4.69) is 56.6 Å². The van der Waals surface area contributed by atoms with E-state index in [1.54, 1.807) is 6.07 Å². The Hall–Kier alpha value is -2.99. The maximum Gasteiger partial charge on any atom is 0.289 e. The molecular weight excluding hydrogens is 404 g/mol. The third-order valence-corrected chi connectivity index (χ3v) is 4.52. The second kappa shape index (κ2) is 8.60. The summed E-state index contributed by atoms with van der Waals surface area (Å²) in [4.78, 5) is 12.2. The van der Waals surface area contributed by atoms with Crippen molar-refractivity contribution in [3.8, 4) is 11.3 Å². The van der Waals surface area contributed by atoms with E-state index in [4.69, 9.17) is 0 Å². The third kappa shape index (κ3) is 5.01. The molecule has 0 atom stereocenters. The smallest absolute Gasteiger partial charge is 0.272 e. The molecule has 136 valence electrons. The number of allylic oxidation sites excluding steroid dienone is 1. The number of nitrogens with one attached hydrogen (secondary N) is 2. The van der Waals surface area contributed by atoms with Gasteiger partial charge in [-0.2, -0.15) is 10.2 Å². The molecule has 6 heteroatoms. The Morgan fingerprint density at radius 1 is 1.11 bits per heavy atom. The molecular formula is C21H19BrN4O. The zero-order chi connectivity index (χ0) is 19.2. The Bertz CT molecular complexity index is 1010. The van der Waals surface area contributed by atoms with Gasteiger partial charge in [-0.3, -0.25) is 9.89 Å². The van der Waals surface area contributed by atoms with Gasteiger partial charge in [-0.1, -0.05) is 42.5 Å². The minimum absolute atomic E-state index is 0.350. The Labute approximate surface area is 166 Å². The van der Waals surface area contributed by atoms with E-state index < -0.39 is 0 Å². The quantitative estimate of drug-likeness (QED) is 0.455. The molecule has 0 unspecified atom stereocenters. The number of carbonyl (C=O) groups is 1. The molecule has 2 aromatic carbocycles. The summed E-state index contributed by atoms with van der Waals surface area (Å²) in [5.74, 6) is -0.353. The third-order valence-electron chi connectivity index (χ3n) is 4.08. The first-order chi connectivity index (χ1) is 13.0. The Morgan fingerprint density at radius 2 is 1.89 bits per heavy atom. The highest BCUT2D eigenvalue weighted by atomic mass is 79.9. The van der Waals surface area contributed by atoms with Crippen LogP contribution in [0.2, 0.25) is 0 Å². The number of H-pyrrole nitrogens is 1. The number of benzene rings is 2. The van der Waals surface area contributed by atoms with E-state index in [9.17, 15) is 4.79 Å². The maximum atomic E-state index is 12.2. The van der Waals surface area contributed by atoms with Crippen molar-refractivity contribution in [3.63, 3.8) is 0 Å². The van der Waals surface area contributed by atoms with Gasteiger partial charge in [0.25, 0.3) is 5.91 Å². The lowest BCUT2D eigenvalue weighted by Crippen LogP contribution is -2.17. The van der Waals surface area contributed by atoms with Crippen molar-refractivity contribution in [2.45, 2.75) is 13.8 Å². The van der Waals surface area contributed by atoms with Crippen molar-refractivity contribution < 1.29 is 4.79 Å². The topological polar surface area (TPSA) is 70.1 Å². The molecule has 0 bridgehead atoms. The normalized spacial score (nSPS) is 11.7. The highest BCUT2D eigenvalue weighted by molar-refractivity contribution is 9.12. The number of hydrazone groups is 1. The second-order valence-electron chi connectivity index (χ2n) is 6.10. The summed E-state index contributed by atoms with van der Waals surface area (Å²) in [7, 11) is 0. The van der Waals surface area contributed by atoms with Crippen LogP contribution in [0.15, 0.2) is 64.2 Å². The van der Waals surface area contributed by atoms with Gasteiger partial charge in [0, 0.05) is 10.0 Å². The van der Waals surface area contributed by atoms with Crippen LogP contribution in [0.25, 0.3) is 17.3 Å². The number of amides is 1. The molecule has 0 fully saturated rings. The summed E-state index contributed by atoms with van der Waals surface area (Å²) in [5, 5.41) is 10.9. The van der Waals surface area contributed by atoms with Gasteiger partial charge in [0.15, 0.2) is 0 Å². The average Bonchev–Trinajstić information content (AvgIpc) is 3.15. The van der Waals surface area contributed by atoms with Crippen LogP contribution in [0.3, 0.4) is 0 Å². The fourth-order valence-electron chi connectivity index (χ4n) is 2.45. The fourth-order valence-corrected chi connectivity index (χ4v) is 2.81. The van der Waals surface area contributed by atoms with E-state index in [0.717, 1.165) is 21.3 Å². The van der Waals surface area contributed by atoms with Gasteiger partial charge in [-0.15, -0.1) is 0 Å². The summed E-state index contributed by atoms with van der Waals surface area (Å²) in [6, 6.07) is 17.6. The summed E-state index contributed by atoms with van der Waals surface area (Å²) in [5.41, 5.74) is 7.96. The first kappa shape index (κ1) is 18.8. The number of hydrogen-bond donors (Lipinski definition) is 2. The molecule has 27 heavy (non-hydrogen) atoms. The molecule has 0 saturated heterocycles. The van der Waals surface area contributed by atoms with E-state index in [1.807, 2.05) is 48.5 Å². The molecule has 1 aromatic heterocycles. The predicted octanol–water partition coefficient (Wildman–Crippen LogP) is 4.85. The molecule has 0 saturated carbocycles. The lowest BCUT2D eigenvalue weighted by molar-refractivity contribution is 0.0950. The van der Waals surface area contributed by atoms with Crippen molar-refractivity contribution in [1.29, 1.82) is 0 Å². The van der Waals surface area contributed by atoms with Crippen molar-refractivity contribution in [2.24, 2.45) is 5.10 Å². The van der Waals surface area contributed by atoms with E-state index >= 15 is 0 Å². The van der Waals surface area contributed by atoms with Gasteiger partial charge < -0.3 is 0 Å². The van der Waals surface area contributed by atoms with Crippen LogP contribution in [0, 0.1) is 13.8 Å². The number of rotatable bonds is 5. The molecule has 5 nitrogen and oxygen atoms in total. The molecule has 2 N–H and O–H groups in total. The van der Waals surface area contributed by atoms with Gasteiger partial charge in [-0.05, 0) is 64.7 Å². The van der Waals surface area contributed by atoms with Crippen molar-refractivity contribution in [1.82, 2.24) is 15.6 Å². The van der Waals surface area contributed by atoms with Gasteiger partial charge in [0.05, 0.1) is 11.9 Å². The van der Waals surface area contributed by atoms with E-state index in [0.29, 0.717) is 5.69 Å². The Morgan fingerprint density at radius 3 is 2.63 bits per heavy atom. The summed E-state index contributed by atoms with van der Waals surface area (Å²) in [6.07, 6.45) is 3.44. The van der Waals surface area contributed by atoms with Gasteiger partial charge in [-0.25, -0.2) is 5.43 Å². The Balaban J connectivity index is 1.64. The van der Waals surface area contributed by atoms with Crippen LogP contribution in [-0.2, 0) is 0 Å². The number of aryl methyl sites for hydroxylation is 2. The van der Waals surface area contributed by atoms with Crippen LogP contribution in [-0.4, -0.2) is 22.3 Å². The SMILES string of the molecule is Cc1ccc(-c2cc(C(=O)N/N=C/C(Br)=C/c3ccccc3)[nH]n2)cc1C. The van der Waals surface area contributed by atoms with E-state index in [1.165, 1.54) is 17.3 Å². The number of aromatic amines is 1. The largest absolute Gasteiger partial charge is 0.289 e. The lowest BCUT2D eigenvalue weighted by atomic mass is 10.0. The van der Waals surface area contributed by atoms with E-state index in [-0.39, 0.29) is 5.91 Å². The predicted molar refractivity (Wildman–Crippen MR) is 113 cm³/mol. The van der Waals surface area contributed by atoms with Crippen molar-refractivity contribution in [2.75, 3.05) is 0 Å². The molecule has 0 aliphatic rings. The van der Waals surface area contributed by atoms with Gasteiger partial charge in [0.2, 0.25) is 0 Å². The van der Waals surface area contributed by atoms with Gasteiger partial charge in [0.1, 0.15) is 5.69 Å². The highest BCUT2D eigenvalue weighted by Crippen LogP contribution is 2.20. The Kier molecular flexibility index (Phi) is 5.98. The second-order valence-corrected chi connectivity index (χ2v) is 7.02. The molecule has 1 amide bonds. The monoisotopic (exact) mass is 422 g/mol. The molecule has 0 aliphatic heterocycles. The molecule has 0 spiro atoms. The highest BCUT2D eigenvalue weighted by Gasteiger charge is 2.10. The van der Waals surface area contributed by atoms with Crippen LogP contribution >= 0.6 is 15.9 Å². The zero-order valence-electron chi connectivity index (χ0n) is 15.0. The number of aromatic nitrogens is 2. The molecule has 1 heterocycles. The summed E-state index contributed by atoms with van der Waals surface area (Å²) in [6.45, 7) is 4.11. The zero-order valence-corrected chi connectivity index (χ0v) is 16.6. The maximum absolute atomic E-state index is 12.2. The summed E-state index contributed by atoms with van der Waals surface area (Å²) < 4.78 is 0.745. The van der Waals surface area contributed by atoms with Crippen LogP contribution < -0.4 is 5.43 Å². The van der Waals surface area contributed by atoms with Gasteiger partial charge >= 0.3 is 0 Å². The standard InChI is InChI=1S/C21H19BrN4O/c1-14-8-9-17(10-15(14)2)19-12-20(25-24-19)21(27)26-23-13-18(22)11-16-6-4-3-5-7-16/h3-13H,1-2H3,(H,24,25)(H,26,27)/b18-11-,23-13+. The molecule has 0 radical (unpaired) electrons. The number of hydrogen-bond acceptors (Lipinski definition) is 3. The average molecular weight is 423 g/mol. The number of halogens is 1.